The number of nitrogens with zero attached hydrogens (tertiary/aromatic N) is 2. The summed E-state index contributed by atoms with van der Waals surface area (Å²) in [4.78, 5) is 15.5. The predicted octanol–water partition coefficient (Wildman–Crippen LogP) is 4.64. The van der Waals surface area contributed by atoms with Crippen molar-refractivity contribution in [2.45, 2.75) is 6.42 Å². The van der Waals surface area contributed by atoms with Crippen LogP contribution in [0.2, 0.25) is 5.15 Å². The Morgan fingerprint density at radius 3 is 2.96 bits per heavy atom. The summed E-state index contributed by atoms with van der Waals surface area (Å²) in [6.07, 6.45) is 4.94. The molecule has 0 bridgehead atoms. The standard InChI is InChI=1S/C19H16ClN5O/c20-17-4-3-14-18(25-17)16(10-21-14)24-19-22-13-2-1-12(9-15(13)23-19)11-5-7-26-8-6-11/h1-5,9-10,21H,6-8H2,(H2,22,23,24). The van der Waals surface area contributed by atoms with E-state index in [1.165, 1.54) is 11.1 Å². The number of benzene rings is 1. The van der Waals surface area contributed by atoms with Gasteiger partial charge in [-0.3, -0.25) is 0 Å². The number of anilines is 2. The number of rotatable bonds is 3. The lowest BCUT2D eigenvalue weighted by Gasteiger charge is -2.13. The summed E-state index contributed by atoms with van der Waals surface area (Å²) in [5.74, 6) is 0.667. The maximum atomic E-state index is 6.02. The van der Waals surface area contributed by atoms with Crippen LogP contribution in [-0.4, -0.2) is 33.1 Å². The first-order chi connectivity index (χ1) is 12.8. The van der Waals surface area contributed by atoms with Crippen LogP contribution in [0.5, 0.6) is 0 Å². The van der Waals surface area contributed by atoms with E-state index in [2.05, 4.69) is 43.5 Å². The molecule has 0 saturated carbocycles. The minimum absolute atomic E-state index is 0.458. The Morgan fingerprint density at radius 2 is 2.08 bits per heavy atom. The largest absolute Gasteiger partial charge is 0.377 e. The van der Waals surface area contributed by atoms with Crippen molar-refractivity contribution in [1.29, 1.82) is 0 Å². The molecule has 0 amide bonds. The van der Waals surface area contributed by atoms with Crippen molar-refractivity contribution in [3.8, 4) is 0 Å². The van der Waals surface area contributed by atoms with E-state index >= 15 is 0 Å². The number of halogens is 1. The zero-order valence-electron chi connectivity index (χ0n) is 13.8. The number of ether oxygens (including phenoxy) is 1. The van der Waals surface area contributed by atoms with Gasteiger partial charge in [0, 0.05) is 6.20 Å². The lowest BCUT2D eigenvalue weighted by molar-refractivity contribution is 0.161. The number of aromatic nitrogens is 4. The highest BCUT2D eigenvalue weighted by molar-refractivity contribution is 6.29. The Morgan fingerprint density at radius 1 is 1.12 bits per heavy atom. The topological polar surface area (TPSA) is 78.6 Å². The highest BCUT2D eigenvalue weighted by Crippen LogP contribution is 2.28. The van der Waals surface area contributed by atoms with Crippen molar-refractivity contribution in [2.24, 2.45) is 0 Å². The van der Waals surface area contributed by atoms with Gasteiger partial charge in [-0.1, -0.05) is 23.7 Å². The van der Waals surface area contributed by atoms with Crippen LogP contribution in [0.4, 0.5) is 11.6 Å². The molecule has 1 aliphatic rings. The number of imidazole rings is 1. The monoisotopic (exact) mass is 365 g/mol. The fraction of sp³-hybridized carbons (Fsp3) is 0.158. The second-order valence-corrected chi connectivity index (χ2v) is 6.62. The molecular formula is C19H16ClN5O. The van der Waals surface area contributed by atoms with Crippen LogP contribution < -0.4 is 5.32 Å². The zero-order valence-corrected chi connectivity index (χ0v) is 14.6. The number of hydrogen-bond donors (Lipinski definition) is 3. The van der Waals surface area contributed by atoms with Gasteiger partial charge in [-0.25, -0.2) is 9.97 Å². The smallest absolute Gasteiger partial charge is 0.205 e. The molecule has 130 valence electrons. The lowest BCUT2D eigenvalue weighted by atomic mass is 10.0. The van der Waals surface area contributed by atoms with Gasteiger partial charge in [0.2, 0.25) is 5.95 Å². The molecule has 0 atom stereocenters. The molecule has 0 unspecified atom stereocenters. The molecule has 3 N–H and O–H groups in total. The number of hydrogen-bond acceptors (Lipinski definition) is 4. The third kappa shape index (κ3) is 2.73. The van der Waals surface area contributed by atoms with Crippen LogP contribution in [-0.2, 0) is 4.74 Å². The highest BCUT2D eigenvalue weighted by atomic mass is 35.5. The Bertz CT molecular complexity index is 1140. The van der Waals surface area contributed by atoms with E-state index in [-0.39, 0.29) is 0 Å². The first-order valence-corrected chi connectivity index (χ1v) is 8.82. The van der Waals surface area contributed by atoms with E-state index in [9.17, 15) is 0 Å². The van der Waals surface area contributed by atoms with Crippen LogP contribution in [0.1, 0.15) is 12.0 Å². The van der Waals surface area contributed by atoms with Gasteiger partial charge in [-0.05, 0) is 41.8 Å². The molecular weight excluding hydrogens is 350 g/mol. The minimum atomic E-state index is 0.458. The summed E-state index contributed by atoms with van der Waals surface area (Å²) in [6, 6.07) is 9.94. The molecule has 4 aromatic rings. The Hall–Kier alpha value is -2.83. The van der Waals surface area contributed by atoms with Crippen molar-refractivity contribution >= 4 is 50.9 Å². The molecule has 1 aromatic carbocycles. The molecule has 3 aromatic heterocycles. The molecule has 0 fully saturated rings. The number of aromatic amines is 2. The molecule has 26 heavy (non-hydrogen) atoms. The normalized spacial score (nSPS) is 14.7. The van der Waals surface area contributed by atoms with Crippen molar-refractivity contribution in [3.63, 3.8) is 0 Å². The molecule has 0 aliphatic carbocycles. The Kier molecular flexibility index (Phi) is 3.65. The SMILES string of the molecule is Clc1ccc2[nH]cc(Nc3nc4ccc(C5=CCOCC5)cc4[nH]3)c2n1. The third-order valence-corrected chi connectivity index (χ3v) is 4.77. The van der Waals surface area contributed by atoms with Gasteiger partial charge in [0.25, 0.3) is 0 Å². The number of pyridine rings is 1. The fourth-order valence-electron chi connectivity index (χ4n) is 3.26. The van der Waals surface area contributed by atoms with Crippen molar-refractivity contribution in [1.82, 2.24) is 19.9 Å². The summed E-state index contributed by atoms with van der Waals surface area (Å²) in [6.45, 7) is 1.45. The van der Waals surface area contributed by atoms with Crippen LogP contribution in [0.15, 0.2) is 42.6 Å². The maximum Gasteiger partial charge on any atom is 0.205 e. The first-order valence-electron chi connectivity index (χ1n) is 8.44. The summed E-state index contributed by atoms with van der Waals surface area (Å²) >= 11 is 6.02. The lowest BCUT2D eigenvalue weighted by Crippen LogP contribution is -2.03. The number of nitrogens with one attached hydrogen (secondary N) is 3. The molecule has 5 rings (SSSR count). The van der Waals surface area contributed by atoms with Gasteiger partial charge >= 0.3 is 0 Å². The van der Waals surface area contributed by atoms with E-state index in [1.807, 2.05) is 18.3 Å². The first kappa shape index (κ1) is 15.4. The molecule has 6 nitrogen and oxygen atoms in total. The van der Waals surface area contributed by atoms with Gasteiger partial charge < -0.3 is 20.0 Å². The van der Waals surface area contributed by atoms with Gasteiger partial charge in [-0.2, -0.15) is 0 Å². The highest BCUT2D eigenvalue weighted by Gasteiger charge is 2.11. The molecule has 1 aliphatic heterocycles. The van der Waals surface area contributed by atoms with E-state index in [1.54, 1.807) is 6.07 Å². The predicted molar refractivity (Wildman–Crippen MR) is 104 cm³/mol. The second kappa shape index (κ2) is 6.16. The van der Waals surface area contributed by atoms with Crippen molar-refractivity contribution in [3.05, 3.63) is 53.3 Å². The second-order valence-electron chi connectivity index (χ2n) is 6.23. The average Bonchev–Trinajstić information content (AvgIpc) is 3.25. The number of fused-ring (bicyclic) bond motifs is 2. The maximum absolute atomic E-state index is 6.02. The van der Waals surface area contributed by atoms with Crippen molar-refractivity contribution < 1.29 is 4.74 Å². The summed E-state index contributed by atoms with van der Waals surface area (Å²) in [5, 5.41) is 3.75. The van der Waals surface area contributed by atoms with Crippen molar-refractivity contribution in [2.75, 3.05) is 18.5 Å². The van der Waals surface area contributed by atoms with Crippen LogP contribution in [0, 0.1) is 0 Å². The van der Waals surface area contributed by atoms with Gasteiger partial charge in [0.1, 0.15) is 10.7 Å². The van der Waals surface area contributed by atoms with Crippen LogP contribution in [0.25, 0.3) is 27.6 Å². The molecule has 0 spiro atoms. The molecule has 7 heteroatoms. The Balaban J connectivity index is 1.49. The zero-order chi connectivity index (χ0) is 17.5. The van der Waals surface area contributed by atoms with Crippen LogP contribution in [0.3, 0.4) is 0 Å². The Labute approximate surface area is 154 Å². The van der Waals surface area contributed by atoms with E-state index < -0.39 is 0 Å². The van der Waals surface area contributed by atoms with Gasteiger partial charge in [0.05, 0.1) is 35.5 Å². The summed E-state index contributed by atoms with van der Waals surface area (Å²) in [5.41, 5.74) is 6.95. The van der Waals surface area contributed by atoms with Crippen LogP contribution >= 0.6 is 11.6 Å². The van der Waals surface area contributed by atoms with Gasteiger partial charge in [-0.15, -0.1) is 0 Å². The average molecular weight is 366 g/mol. The minimum Gasteiger partial charge on any atom is -0.377 e. The van der Waals surface area contributed by atoms with Gasteiger partial charge in [0.15, 0.2) is 0 Å². The van der Waals surface area contributed by atoms with E-state index in [4.69, 9.17) is 16.3 Å². The molecule has 0 radical (unpaired) electrons. The quantitative estimate of drug-likeness (QED) is 0.462. The molecule has 4 heterocycles. The fourth-order valence-corrected chi connectivity index (χ4v) is 3.40. The summed E-state index contributed by atoms with van der Waals surface area (Å²) < 4.78 is 5.39. The molecule has 0 saturated heterocycles. The summed E-state index contributed by atoms with van der Waals surface area (Å²) in [7, 11) is 0. The van der Waals surface area contributed by atoms with E-state index in [0.717, 1.165) is 40.8 Å². The number of H-pyrrole nitrogens is 2. The third-order valence-electron chi connectivity index (χ3n) is 4.56. The van der Waals surface area contributed by atoms with E-state index in [0.29, 0.717) is 17.7 Å².